The molecule has 0 aliphatic rings. The minimum absolute atomic E-state index is 0.00885. The molecule has 132 valence electrons. The van der Waals surface area contributed by atoms with Gasteiger partial charge in [0.15, 0.2) is 0 Å². The number of halogens is 1. The van der Waals surface area contributed by atoms with Gasteiger partial charge in [-0.3, -0.25) is 20.0 Å². The second-order valence-corrected chi connectivity index (χ2v) is 6.25. The average molecular weight is 369 g/mol. The lowest BCUT2D eigenvalue weighted by molar-refractivity contribution is 0.578. The first kappa shape index (κ1) is 17.6. The van der Waals surface area contributed by atoms with E-state index in [0.29, 0.717) is 16.2 Å². The van der Waals surface area contributed by atoms with Crippen LogP contribution in [-0.2, 0) is 13.6 Å². The van der Waals surface area contributed by atoms with Crippen LogP contribution in [0.25, 0.3) is 5.65 Å². The van der Waals surface area contributed by atoms with Crippen molar-refractivity contribution < 1.29 is 0 Å². The highest BCUT2D eigenvalue weighted by Gasteiger charge is 2.11. The van der Waals surface area contributed by atoms with Crippen LogP contribution in [0, 0.1) is 16.2 Å². The quantitative estimate of drug-likeness (QED) is 0.599. The third kappa shape index (κ3) is 2.93. The Morgan fingerprint density at radius 1 is 1.23 bits per heavy atom. The first-order chi connectivity index (χ1) is 12.3. The van der Waals surface area contributed by atoms with Gasteiger partial charge in [0, 0.05) is 17.6 Å². The summed E-state index contributed by atoms with van der Waals surface area (Å²) in [4.78, 5) is 12.8. The van der Waals surface area contributed by atoms with Crippen LogP contribution in [0.4, 0.5) is 0 Å². The van der Waals surface area contributed by atoms with E-state index in [1.54, 1.807) is 37.4 Å². The molecule has 0 atom stereocenters. The van der Waals surface area contributed by atoms with Crippen LogP contribution >= 0.6 is 11.6 Å². The minimum atomic E-state index is -0.383. The van der Waals surface area contributed by atoms with Gasteiger partial charge in [-0.2, -0.15) is 0 Å². The number of benzene rings is 1. The van der Waals surface area contributed by atoms with Gasteiger partial charge in [-0.15, -0.1) is 0 Å². The Balaban J connectivity index is 2.29. The standard InChI is InChI=1S/C18H17ClN6O/c1-3-14(20)12-8-15(21)25-16(9-12)23(2)18(26)24(17(25)22)10-11-4-6-13(19)7-5-11/h3-9,20-22H,1,10H2,2H3. The summed E-state index contributed by atoms with van der Waals surface area (Å²) >= 11 is 5.89. The summed E-state index contributed by atoms with van der Waals surface area (Å²) in [6, 6.07) is 10.1. The van der Waals surface area contributed by atoms with Gasteiger partial charge in [-0.05, 0) is 35.9 Å². The predicted molar refractivity (Wildman–Crippen MR) is 99.9 cm³/mol. The van der Waals surface area contributed by atoms with Crippen LogP contribution in [0.3, 0.4) is 0 Å². The zero-order chi connectivity index (χ0) is 19.0. The molecule has 0 saturated heterocycles. The molecule has 3 aromatic rings. The number of aromatic nitrogens is 3. The third-order valence-electron chi connectivity index (χ3n) is 4.14. The fourth-order valence-electron chi connectivity index (χ4n) is 2.73. The number of pyridine rings is 1. The van der Waals surface area contributed by atoms with Crippen LogP contribution in [0.15, 0.2) is 53.8 Å². The van der Waals surface area contributed by atoms with Crippen molar-refractivity contribution in [3.05, 3.63) is 86.8 Å². The van der Waals surface area contributed by atoms with Gasteiger partial charge in [0.25, 0.3) is 0 Å². The van der Waals surface area contributed by atoms with Crippen LogP contribution in [0.5, 0.6) is 0 Å². The monoisotopic (exact) mass is 368 g/mol. The molecule has 3 rings (SSSR count). The summed E-state index contributed by atoms with van der Waals surface area (Å²) in [5.74, 6) is 0. The first-order valence-corrected chi connectivity index (χ1v) is 8.13. The van der Waals surface area contributed by atoms with Crippen molar-refractivity contribution in [3.8, 4) is 0 Å². The minimum Gasteiger partial charge on any atom is -0.300 e. The number of nitrogens with one attached hydrogen (secondary N) is 3. The largest absolute Gasteiger partial charge is 0.332 e. The highest BCUT2D eigenvalue weighted by Crippen LogP contribution is 2.10. The predicted octanol–water partition coefficient (Wildman–Crippen LogP) is 1.65. The van der Waals surface area contributed by atoms with Crippen molar-refractivity contribution in [2.24, 2.45) is 7.05 Å². The SMILES string of the molecule is C=CC(=N)c1cc(=N)n2c(=N)n(Cc3ccc(Cl)cc3)c(=O)n(C)c2c1. The first-order valence-electron chi connectivity index (χ1n) is 7.75. The maximum Gasteiger partial charge on any atom is 0.332 e. The van der Waals surface area contributed by atoms with Gasteiger partial charge in [0.1, 0.15) is 11.1 Å². The number of nitrogens with zero attached hydrogens (tertiary/aromatic N) is 3. The molecule has 0 amide bonds. The zero-order valence-corrected chi connectivity index (χ0v) is 14.8. The Kier molecular flexibility index (Phi) is 4.48. The Morgan fingerprint density at radius 2 is 1.88 bits per heavy atom. The van der Waals surface area contributed by atoms with Gasteiger partial charge in [0.05, 0.1) is 12.3 Å². The Bertz CT molecular complexity index is 1210. The van der Waals surface area contributed by atoms with Crippen LogP contribution < -0.4 is 16.8 Å². The molecule has 3 N–H and O–H groups in total. The number of allylic oxidation sites excluding steroid dienone is 1. The molecule has 0 spiro atoms. The second-order valence-electron chi connectivity index (χ2n) is 5.82. The van der Waals surface area contributed by atoms with Crippen molar-refractivity contribution in [1.29, 1.82) is 16.2 Å². The number of rotatable bonds is 4. The topological polar surface area (TPSA) is 103 Å². The third-order valence-corrected chi connectivity index (χ3v) is 4.40. The number of aryl methyl sites for hydroxylation is 1. The molecule has 1 aromatic carbocycles. The van der Waals surface area contributed by atoms with Gasteiger partial charge in [-0.1, -0.05) is 30.3 Å². The molecule has 8 heteroatoms. The van der Waals surface area contributed by atoms with E-state index >= 15 is 0 Å². The van der Waals surface area contributed by atoms with Crippen molar-refractivity contribution in [1.82, 2.24) is 13.5 Å². The van der Waals surface area contributed by atoms with E-state index in [0.717, 1.165) is 5.56 Å². The van der Waals surface area contributed by atoms with Crippen molar-refractivity contribution in [2.45, 2.75) is 6.54 Å². The van der Waals surface area contributed by atoms with Gasteiger partial charge >= 0.3 is 5.69 Å². The highest BCUT2D eigenvalue weighted by molar-refractivity contribution is 6.30. The molecule has 7 nitrogen and oxygen atoms in total. The molecule has 0 aliphatic heterocycles. The van der Waals surface area contributed by atoms with E-state index < -0.39 is 0 Å². The molecule has 0 radical (unpaired) electrons. The molecule has 0 unspecified atom stereocenters. The maximum atomic E-state index is 12.8. The molecule has 0 aliphatic carbocycles. The Labute approximate surface area is 153 Å². The number of hydrogen-bond acceptors (Lipinski definition) is 4. The summed E-state index contributed by atoms with van der Waals surface area (Å²) in [6.45, 7) is 3.75. The van der Waals surface area contributed by atoms with Crippen molar-refractivity contribution in [2.75, 3.05) is 0 Å². The second kappa shape index (κ2) is 6.61. The van der Waals surface area contributed by atoms with E-state index in [1.807, 2.05) is 0 Å². The molecule has 0 saturated carbocycles. The Morgan fingerprint density at radius 3 is 2.50 bits per heavy atom. The normalized spacial score (nSPS) is 10.8. The van der Waals surface area contributed by atoms with Gasteiger partial charge < -0.3 is 5.41 Å². The van der Waals surface area contributed by atoms with Crippen LogP contribution in [0.1, 0.15) is 11.1 Å². The molecule has 0 fully saturated rings. The molecule has 0 bridgehead atoms. The summed E-state index contributed by atoms with van der Waals surface area (Å²) in [6.07, 6.45) is 1.37. The average Bonchev–Trinajstić information content (AvgIpc) is 2.63. The van der Waals surface area contributed by atoms with Gasteiger partial charge in [0.2, 0.25) is 5.62 Å². The van der Waals surface area contributed by atoms with E-state index in [1.165, 1.54) is 25.7 Å². The van der Waals surface area contributed by atoms with Crippen LogP contribution in [-0.4, -0.2) is 19.2 Å². The van der Waals surface area contributed by atoms with Crippen molar-refractivity contribution in [3.63, 3.8) is 0 Å². The smallest absolute Gasteiger partial charge is 0.300 e. The molecule has 26 heavy (non-hydrogen) atoms. The molecule has 2 aromatic heterocycles. The number of hydrogen-bond donors (Lipinski definition) is 3. The fourth-order valence-corrected chi connectivity index (χ4v) is 2.85. The fraction of sp³-hybridized carbons (Fsp3) is 0.111. The van der Waals surface area contributed by atoms with E-state index in [9.17, 15) is 4.79 Å². The summed E-state index contributed by atoms with van der Waals surface area (Å²) in [7, 11) is 1.58. The lowest BCUT2D eigenvalue weighted by atomic mass is 10.1. The summed E-state index contributed by atoms with van der Waals surface area (Å²) in [5, 5.41) is 25.1. The Hall–Kier alpha value is -3.19. The van der Waals surface area contributed by atoms with Crippen LogP contribution in [0.2, 0.25) is 5.02 Å². The van der Waals surface area contributed by atoms with E-state index in [2.05, 4.69) is 6.58 Å². The maximum absolute atomic E-state index is 12.8. The molecule has 2 heterocycles. The van der Waals surface area contributed by atoms with E-state index in [-0.39, 0.29) is 29.1 Å². The summed E-state index contributed by atoms with van der Waals surface area (Å²) < 4.78 is 4.01. The molecular weight excluding hydrogens is 352 g/mol. The molecular formula is C18H17ClN6O. The van der Waals surface area contributed by atoms with Gasteiger partial charge in [-0.25, -0.2) is 9.20 Å². The zero-order valence-electron chi connectivity index (χ0n) is 14.1. The lowest BCUT2D eigenvalue weighted by Gasteiger charge is -2.14. The summed E-state index contributed by atoms with van der Waals surface area (Å²) in [5.41, 5.74) is 1.32. The highest BCUT2D eigenvalue weighted by atomic mass is 35.5. The van der Waals surface area contributed by atoms with Crippen molar-refractivity contribution >= 4 is 23.0 Å². The number of fused-ring (bicyclic) bond motifs is 1. The van der Waals surface area contributed by atoms with E-state index in [4.69, 9.17) is 27.8 Å². The lowest BCUT2D eigenvalue weighted by Crippen LogP contribution is -2.46.